The molecule has 2 nitrogen and oxygen atoms in total. The summed E-state index contributed by atoms with van der Waals surface area (Å²) >= 11 is 0. The Morgan fingerprint density at radius 1 is 1.67 bits per heavy atom. The first-order valence-corrected chi connectivity index (χ1v) is 5.89. The standard InChI is InChI=1S/C9H16O2S/c1-2-11-6-5-9-4-3-7-12(10)8-9/h2,9H,1,3-8H2. The van der Waals surface area contributed by atoms with E-state index in [-0.39, 0.29) is 0 Å². The van der Waals surface area contributed by atoms with Crippen molar-refractivity contribution in [3.05, 3.63) is 12.8 Å². The van der Waals surface area contributed by atoms with Crippen LogP contribution in [0.5, 0.6) is 0 Å². The summed E-state index contributed by atoms with van der Waals surface area (Å²) in [6.07, 6.45) is 4.83. The van der Waals surface area contributed by atoms with E-state index in [1.807, 2.05) is 0 Å². The van der Waals surface area contributed by atoms with Crippen molar-refractivity contribution in [1.29, 1.82) is 0 Å². The largest absolute Gasteiger partial charge is 0.502 e. The maximum Gasteiger partial charge on any atom is 0.0875 e. The average molecular weight is 188 g/mol. The highest BCUT2D eigenvalue weighted by molar-refractivity contribution is 7.85. The molecule has 0 aromatic heterocycles. The van der Waals surface area contributed by atoms with E-state index in [2.05, 4.69) is 6.58 Å². The summed E-state index contributed by atoms with van der Waals surface area (Å²) in [7, 11) is -0.557. The quantitative estimate of drug-likeness (QED) is 0.496. The molecule has 0 aromatic carbocycles. The van der Waals surface area contributed by atoms with E-state index in [9.17, 15) is 4.21 Å². The maximum absolute atomic E-state index is 11.2. The zero-order valence-electron chi connectivity index (χ0n) is 7.33. The molecule has 1 rings (SSSR count). The molecule has 70 valence electrons. The molecule has 1 heterocycles. The smallest absolute Gasteiger partial charge is 0.0875 e. The summed E-state index contributed by atoms with van der Waals surface area (Å²) in [6.45, 7) is 4.20. The predicted octanol–water partition coefficient (Wildman–Crippen LogP) is 1.70. The van der Waals surface area contributed by atoms with E-state index < -0.39 is 10.8 Å². The minimum absolute atomic E-state index is 0.557. The van der Waals surface area contributed by atoms with Crippen molar-refractivity contribution >= 4 is 10.8 Å². The molecule has 1 fully saturated rings. The molecule has 3 heteroatoms. The molecule has 0 bridgehead atoms. The molecule has 2 unspecified atom stereocenters. The first kappa shape index (κ1) is 9.78. The van der Waals surface area contributed by atoms with Gasteiger partial charge in [-0.1, -0.05) is 6.58 Å². The van der Waals surface area contributed by atoms with Gasteiger partial charge in [0.05, 0.1) is 12.9 Å². The molecule has 0 amide bonds. The predicted molar refractivity (Wildman–Crippen MR) is 51.4 cm³/mol. The second kappa shape index (κ2) is 5.36. The van der Waals surface area contributed by atoms with E-state index in [1.54, 1.807) is 0 Å². The first-order valence-electron chi connectivity index (χ1n) is 4.40. The SMILES string of the molecule is C=COCCC1CCCS(=O)C1. The third-order valence-corrected chi connectivity index (χ3v) is 3.75. The van der Waals surface area contributed by atoms with Crippen LogP contribution in [-0.2, 0) is 15.5 Å². The number of hydrogen-bond donors (Lipinski definition) is 0. The molecule has 1 aliphatic heterocycles. The lowest BCUT2D eigenvalue weighted by molar-refractivity contribution is 0.223. The Morgan fingerprint density at radius 2 is 2.50 bits per heavy atom. The molecule has 0 saturated carbocycles. The first-order chi connectivity index (χ1) is 5.83. The topological polar surface area (TPSA) is 26.3 Å². The molecule has 1 aliphatic rings. The van der Waals surface area contributed by atoms with Gasteiger partial charge in [0.25, 0.3) is 0 Å². The highest BCUT2D eigenvalue weighted by Crippen LogP contribution is 2.18. The molecule has 0 aromatic rings. The Kier molecular flexibility index (Phi) is 4.36. The molecule has 0 N–H and O–H groups in total. The fourth-order valence-electron chi connectivity index (χ4n) is 1.51. The van der Waals surface area contributed by atoms with E-state index in [0.29, 0.717) is 5.92 Å². The lowest BCUT2D eigenvalue weighted by Gasteiger charge is -2.20. The molecule has 0 spiro atoms. The van der Waals surface area contributed by atoms with Crippen LogP contribution in [-0.4, -0.2) is 22.3 Å². The van der Waals surface area contributed by atoms with E-state index in [0.717, 1.165) is 31.0 Å². The monoisotopic (exact) mass is 188 g/mol. The van der Waals surface area contributed by atoms with Crippen LogP contribution in [0.15, 0.2) is 12.8 Å². The molecular weight excluding hydrogens is 172 g/mol. The molecular formula is C9H16O2S. The molecule has 0 aliphatic carbocycles. The Bertz CT molecular complexity index is 168. The Morgan fingerprint density at radius 3 is 3.17 bits per heavy atom. The fourth-order valence-corrected chi connectivity index (χ4v) is 3.02. The maximum atomic E-state index is 11.2. The normalized spacial score (nSPS) is 29.7. The Balaban J connectivity index is 2.14. The van der Waals surface area contributed by atoms with Gasteiger partial charge in [-0.25, -0.2) is 0 Å². The minimum atomic E-state index is -0.557. The summed E-state index contributed by atoms with van der Waals surface area (Å²) in [6, 6.07) is 0. The third kappa shape index (κ3) is 3.39. The zero-order valence-corrected chi connectivity index (χ0v) is 8.15. The van der Waals surface area contributed by atoms with Crippen molar-refractivity contribution in [3.8, 4) is 0 Å². The van der Waals surface area contributed by atoms with Crippen molar-refractivity contribution in [2.24, 2.45) is 5.92 Å². The molecule has 12 heavy (non-hydrogen) atoms. The van der Waals surface area contributed by atoms with Gasteiger partial charge in [0.2, 0.25) is 0 Å². The minimum Gasteiger partial charge on any atom is -0.502 e. The van der Waals surface area contributed by atoms with Gasteiger partial charge >= 0.3 is 0 Å². The second-order valence-electron chi connectivity index (χ2n) is 3.15. The van der Waals surface area contributed by atoms with Crippen LogP contribution in [0.1, 0.15) is 19.3 Å². The summed E-state index contributed by atoms with van der Waals surface area (Å²) in [5, 5.41) is 0. The summed E-state index contributed by atoms with van der Waals surface area (Å²) < 4.78 is 16.2. The lowest BCUT2D eigenvalue weighted by atomic mass is 10.0. The van der Waals surface area contributed by atoms with Crippen molar-refractivity contribution in [3.63, 3.8) is 0 Å². The number of ether oxygens (including phenoxy) is 1. The highest BCUT2D eigenvalue weighted by atomic mass is 32.2. The lowest BCUT2D eigenvalue weighted by Crippen LogP contribution is -2.21. The van der Waals surface area contributed by atoms with Gasteiger partial charge in [-0.15, -0.1) is 0 Å². The van der Waals surface area contributed by atoms with Gasteiger partial charge in [-0.2, -0.15) is 0 Å². The fraction of sp³-hybridized carbons (Fsp3) is 0.778. The van der Waals surface area contributed by atoms with E-state index in [4.69, 9.17) is 4.74 Å². The van der Waals surface area contributed by atoms with Gasteiger partial charge in [0.15, 0.2) is 0 Å². The van der Waals surface area contributed by atoms with Crippen LogP contribution in [0.25, 0.3) is 0 Å². The Hall–Kier alpha value is -0.310. The van der Waals surface area contributed by atoms with Crippen LogP contribution < -0.4 is 0 Å². The van der Waals surface area contributed by atoms with Gasteiger partial charge in [0.1, 0.15) is 0 Å². The average Bonchev–Trinajstić information content (AvgIpc) is 2.05. The van der Waals surface area contributed by atoms with Crippen molar-refractivity contribution in [2.45, 2.75) is 19.3 Å². The highest BCUT2D eigenvalue weighted by Gasteiger charge is 2.17. The number of hydrogen-bond acceptors (Lipinski definition) is 2. The van der Waals surface area contributed by atoms with Crippen molar-refractivity contribution in [1.82, 2.24) is 0 Å². The van der Waals surface area contributed by atoms with Gasteiger partial charge in [0, 0.05) is 22.3 Å². The molecule has 2 atom stereocenters. The van der Waals surface area contributed by atoms with Crippen molar-refractivity contribution < 1.29 is 8.95 Å². The van der Waals surface area contributed by atoms with Crippen molar-refractivity contribution in [2.75, 3.05) is 18.1 Å². The van der Waals surface area contributed by atoms with Crippen LogP contribution in [0.2, 0.25) is 0 Å². The van der Waals surface area contributed by atoms with Gasteiger partial charge in [-0.3, -0.25) is 4.21 Å². The second-order valence-corrected chi connectivity index (χ2v) is 4.77. The number of rotatable bonds is 4. The van der Waals surface area contributed by atoms with Crippen LogP contribution >= 0.6 is 0 Å². The molecule has 1 saturated heterocycles. The summed E-state index contributed by atoms with van der Waals surface area (Å²) in [4.78, 5) is 0. The van der Waals surface area contributed by atoms with E-state index >= 15 is 0 Å². The van der Waals surface area contributed by atoms with Crippen LogP contribution in [0, 0.1) is 5.92 Å². The van der Waals surface area contributed by atoms with Gasteiger partial charge in [-0.05, 0) is 25.2 Å². The summed E-state index contributed by atoms with van der Waals surface area (Å²) in [5.41, 5.74) is 0. The molecule has 0 radical (unpaired) electrons. The van der Waals surface area contributed by atoms with Gasteiger partial charge < -0.3 is 4.74 Å². The Labute approximate surface area is 76.5 Å². The van der Waals surface area contributed by atoms with E-state index in [1.165, 1.54) is 12.7 Å². The zero-order chi connectivity index (χ0) is 8.81. The van der Waals surface area contributed by atoms with Crippen LogP contribution in [0.3, 0.4) is 0 Å². The van der Waals surface area contributed by atoms with Crippen LogP contribution in [0.4, 0.5) is 0 Å². The summed E-state index contributed by atoms with van der Waals surface area (Å²) in [5.74, 6) is 2.39. The third-order valence-electron chi connectivity index (χ3n) is 2.17.